The molecule has 0 aromatic heterocycles. The van der Waals surface area contributed by atoms with E-state index in [1.54, 1.807) is 6.92 Å². The molecule has 6 nitrogen and oxygen atoms in total. The Hall–Kier alpha value is -1.08. The number of ketones is 1. The second-order valence-corrected chi connectivity index (χ2v) is 6.45. The van der Waals surface area contributed by atoms with Crippen molar-refractivity contribution in [3.05, 3.63) is 0 Å². The van der Waals surface area contributed by atoms with Crippen LogP contribution < -0.4 is 0 Å². The standard InChI is InChI=1S/C14H22O6S/c1-9-5-3-2-4-6-10(15)14(19)11(7-13(18)20-9)21-8-12(16)17/h9-11,15H,2-8H2,1H3,(H,16,17)/t9-,10+,11+/m0/s1. The monoisotopic (exact) mass is 318 g/mol. The number of aliphatic carboxylic acids is 1. The molecule has 0 aromatic carbocycles. The molecular formula is C14H22O6S. The SMILES string of the molecule is C[C@H]1CCCCC[C@@H](O)C(=O)[C@H](SCC(=O)O)CC(=O)O1. The van der Waals surface area contributed by atoms with E-state index in [4.69, 9.17) is 9.84 Å². The molecule has 7 heteroatoms. The number of carbonyl (C=O) groups is 3. The van der Waals surface area contributed by atoms with Crippen LogP contribution in [0.1, 0.15) is 45.4 Å². The van der Waals surface area contributed by atoms with E-state index in [9.17, 15) is 19.5 Å². The number of carbonyl (C=O) groups excluding carboxylic acids is 2. The first kappa shape index (κ1) is 18.0. The van der Waals surface area contributed by atoms with Crippen molar-refractivity contribution in [2.75, 3.05) is 5.75 Å². The third-order valence-electron chi connectivity index (χ3n) is 3.33. The van der Waals surface area contributed by atoms with Crippen LogP contribution in [0.4, 0.5) is 0 Å². The van der Waals surface area contributed by atoms with E-state index in [2.05, 4.69) is 0 Å². The normalized spacial score (nSPS) is 29.1. The lowest BCUT2D eigenvalue weighted by Gasteiger charge is -2.20. The second kappa shape index (κ2) is 9.04. The molecule has 1 saturated heterocycles. The van der Waals surface area contributed by atoms with Gasteiger partial charge in [0, 0.05) is 0 Å². The van der Waals surface area contributed by atoms with Gasteiger partial charge >= 0.3 is 11.9 Å². The molecule has 0 amide bonds. The van der Waals surface area contributed by atoms with Gasteiger partial charge in [0.25, 0.3) is 0 Å². The third kappa shape index (κ3) is 6.95. The van der Waals surface area contributed by atoms with E-state index in [0.717, 1.165) is 37.4 Å². The minimum Gasteiger partial charge on any atom is -0.481 e. The smallest absolute Gasteiger partial charge is 0.313 e. The molecule has 120 valence electrons. The van der Waals surface area contributed by atoms with Crippen LogP contribution in [-0.4, -0.2) is 51.1 Å². The predicted octanol–water partition coefficient (Wildman–Crippen LogP) is 1.39. The van der Waals surface area contributed by atoms with Gasteiger partial charge in [-0.25, -0.2) is 0 Å². The average Bonchev–Trinajstić information content (AvgIpc) is 2.40. The number of ether oxygens (including phenoxy) is 1. The Labute approximate surface area is 128 Å². The Morgan fingerprint density at radius 3 is 2.62 bits per heavy atom. The highest BCUT2D eigenvalue weighted by Crippen LogP contribution is 2.22. The van der Waals surface area contributed by atoms with E-state index in [1.807, 2.05) is 0 Å². The van der Waals surface area contributed by atoms with Crippen LogP contribution in [0.25, 0.3) is 0 Å². The highest BCUT2D eigenvalue weighted by molar-refractivity contribution is 8.01. The average molecular weight is 318 g/mol. The lowest BCUT2D eigenvalue weighted by Crippen LogP contribution is -2.34. The van der Waals surface area contributed by atoms with Gasteiger partial charge in [-0.1, -0.05) is 12.8 Å². The predicted molar refractivity (Wildman–Crippen MR) is 78.2 cm³/mol. The number of rotatable bonds is 3. The van der Waals surface area contributed by atoms with Crippen LogP contribution >= 0.6 is 11.8 Å². The van der Waals surface area contributed by atoms with Crippen LogP contribution in [0.15, 0.2) is 0 Å². The Kier molecular flexibility index (Phi) is 7.74. The molecule has 3 atom stereocenters. The van der Waals surface area contributed by atoms with Crippen LogP contribution in [0.5, 0.6) is 0 Å². The number of carboxylic acids is 1. The molecule has 0 aromatic rings. The van der Waals surface area contributed by atoms with Gasteiger partial charge in [-0.2, -0.15) is 0 Å². The Morgan fingerprint density at radius 2 is 1.95 bits per heavy atom. The molecule has 1 aliphatic heterocycles. The zero-order valence-corrected chi connectivity index (χ0v) is 12.9. The van der Waals surface area contributed by atoms with Crippen molar-refractivity contribution in [2.45, 2.75) is 62.9 Å². The van der Waals surface area contributed by atoms with Gasteiger partial charge in [0.15, 0.2) is 5.78 Å². The quantitative estimate of drug-likeness (QED) is 0.758. The van der Waals surface area contributed by atoms with E-state index in [0.29, 0.717) is 6.42 Å². The number of carboxylic acid groups (broad SMARTS) is 1. The molecule has 0 bridgehead atoms. The van der Waals surface area contributed by atoms with Crippen LogP contribution in [0, 0.1) is 0 Å². The maximum Gasteiger partial charge on any atom is 0.313 e. The molecule has 0 saturated carbocycles. The largest absolute Gasteiger partial charge is 0.481 e. The molecule has 1 rings (SSSR count). The molecular weight excluding hydrogens is 296 g/mol. The first-order chi connectivity index (χ1) is 9.90. The summed E-state index contributed by atoms with van der Waals surface area (Å²) in [6.07, 6.45) is 2.03. The van der Waals surface area contributed by atoms with Gasteiger partial charge in [-0.05, 0) is 26.2 Å². The van der Waals surface area contributed by atoms with Gasteiger partial charge < -0.3 is 14.9 Å². The van der Waals surface area contributed by atoms with E-state index in [1.165, 1.54) is 0 Å². The summed E-state index contributed by atoms with van der Waals surface area (Å²) in [6, 6.07) is 0. The number of esters is 1. The Balaban J connectivity index is 2.74. The molecule has 0 unspecified atom stereocenters. The number of hydrogen-bond donors (Lipinski definition) is 2. The summed E-state index contributed by atoms with van der Waals surface area (Å²) < 4.78 is 5.21. The molecule has 2 N–H and O–H groups in total. The number of aliphatic hydroxyl groups excluding tert-OH is 1. The summed E-state index contributed by atoms with van der Waals surface area (Å²) in [5, 5.41) is 17.7. The van der Waals surface area contributed by atoms with Crippen molar-refractivity contribution < 1.29 is 29.3 Å². The molecule has 1 fully saturated rings. The minimum atomic E-state index is -1.14. The first-order valence-electron chi connectivity index (χ1n) is 7.14. The molecule has 0 radical (unpaired) electrons. The van der Waals surface area contributed by atoms with Gasteiger partial charge in [0.1, 0.15) is 6.10 Å². The van der Waals surface area contributed by atoms with Gasteiger partial charge in [0.05, 0.1) is 23.5 Å². The fourth-order valence-corrected chi connectivity index (χ4v) is 3.12. The van der Waals surface area contributed by atoms with Crippen molar-refractivity contribution in [2.24, 2.45) is 0 Å². The zero-order valence-electron chi connectivity index (χ0n) is 12.1. The number of thioether (sulfide) groups is 1. The highest BCUT2D eigenvalue weighted by atomic mass is 32.2. The molecule has 21 heavy (non-hydrogen) atoms. The van der Waals surface area contributed by atoms with Crippen molar-refractivity contribution in [3.8, 4) is 0 Å². The van der Waals surface area contributed by atoms with Crippen LogP contribution in [-0.2, 0) is 19.1 Å². The van der Waals surface area contributed by atoms with Gasteiger partial charge in [0.2, 0.25) is 0 Å². The summed E-state index contributed by atoms with van der Waals surface area (Å²) in [5.41, 5.74) is 0. The van der Waals surface area contributed by atoms with E-state index in [-0.39, 0.29) is 18.3 Å². The van der Waals surface area contributed by atoms with E-state index >= 15 is 0 Å². The maximum atomic E-state index is 12.1. The fourth-order valence-electron chi connectivity index (χ4n) is 2.20. The lowest BCUT2D eigenvalue weighted by atomic mass is 10.0. The zero-order chi connectivity index (χ0) is 15.8. The summed E-state index contributed by atoms with van der Waals surface area (Å²) in [4.78, 5) is 34.6. The van der Waals surface area contributed by atoms with Crippen molar-refractivity contribution in [1.82, 2.24) is 0 Å². The third-order valence-corrected chi connectivity index (χ3v) is 4.54. The number of hydrogen-bond acceptors (Lipinski definition) is 6. The van der Waals surface area contributed by atoms with Crippen LogP contribution in [0.3, 0.4) is 0 Å². The summed E-state index contributed by atoms with van der Waals surface area (Å²) in [7, 11) is 0. The molecule has 0 spiro atoms. The maximum absolute atomic E-state index is 12.1. The van der Waals surface area contributed by atoms with Crippen molar-refractivity contribution >= 4 is 29.5 Å². The number of Topliss-reactive ketones (excluding diaryl/α,β-unsaturated/α-hetero) is 1. The Bertz CT molecular complexity index is 384. The van der Waals surface area contributed by atoms with Crippen molar-refractivity contribution in [3.63, 3.8) is 0 Å². The minimum absolute atomic E-state index is 0.196. The first-order valence-corrected chi connectivity index (χ1v) is 8.19. The van der Waals surface area contributed by atoms with Crippen LogP contribution in [0.2, 0.25) is 0 Å². The summed E-state index contributed by atoms with van der Waals surface area (Å²) in [5.74, 6) is -2.35. The lowest BCUT2D eigenvalue weighted by molar-refractivity contribution is -0.150. The Morgan fingerprint density at radius 1 is 1.29 bits per heavy atom. The van der Waals surface area contributed by atoms with Gasteiger partial charge in [-0.15, -0.1) is 11.8 Å². The number of aliphatic hydroxyl groups is 1. The van der Waals surface area contributed by atoms with E-state index < -0.39 is 29.1 Å². The van der Waals surface area contributed by atoms with Gasteiger partial charge in [-0.3, -0.25) is 14.4 Å². The summed E-state index contributed by atoms with van der Waals surface area (Å²) >= 11 is 0.863. The molecule has 1 aliphatic rings. The topological polar surface area (TPSA) is 101 Å². The number of cyclic esters (lactones) is 1. The molecule has 0 aliphatic carbocycles. The summed E-state index contributed by atoms with van der Waals surface area (Å²) in [6.45, 7) is 1.81. The molecule has 1 heterocycles. The highest BCUT2D eigenvalue weighted by Gasteiger charge is 2.29. The van der Waals surface area contributed by atoms with Crippen molar-refractivity contribution in [1.29, 1.82) is 0 Å². The fraction of sp³-hybridized carbons (Fsp3) is 0.786. The second-order valence-electron chi connectivity index (χ2n) is 5.25.